The highest BCUT2D eigenvalue weighted by molar-refractivity contribution is 6.38. The number of fused-ring (bicyclic) bond motifs is 2. The van der Waals surface area contributed by atoms with Gasteiger partial charge in [0.05, 0.1) is 16.2 Å². The van der Waals surface area contributed by atoms with Crippen molar-refractivity contribution in [1.82, 2.24) is 24.7 Å². The van der Waals surface area contributed by atoms with Gasteiger partial charge < -0.3 is 15.6 Å². The highest BCUT2D eigenvalue weighted by atomic mass is 35.5. The fourth-order valence-electron chi connectivity index (χ4n) is 4.36. The molecule has 1 aromatic carbocycles. The van der Waals surface area contributed by atoms with Crippen molar-refractivity contribution in [3.05, 3.63) is 35.2 Å². The van der Waals surface area contributed by atoms with Crippen molar-refractivity contribution < 1.29 is 0 Å². The molecule has 0 spiro atoms. The maximum atomic E-state index is 6.75. The zero-order chi connectivity index (χ0) is 21.0. The summed E-state index contributed by atoms with van der Waals surface area (Å²) < 4.78 is 1.78. The molecule has 4 heterocycles. The molecule has 0 radical (unpaired) electrons. The standard InChI is InChI=1S/C22H26ClN7/c1-13-21(30-8-6-22(2,12-24)7-9-30)27-20-19(26-13)15(10-25-20)14-4-5-17-16(18(14)23)11-29(3)28-17/h4-5,10-11H,6-9,12,24H2,1-3H3,(H,25,27). The molecule has 0 aliphatic carbocycles. The first kappa shape index (κ1) is 19.3. The number of nitrogens with zero attached hydrogens (tertiary/aromatic N) is 5. The molecule has 4 aromatic rings. The predicted molar refractivity (Wildman–Crippen MR) is 122 cm³/mol. The van der Waals surface area contributed by atoms with Crippen molar-refractivity contribution in [2.45, 2.75) is 26.7 Å². The van der Waals surface area contributed by atoms with E-state index in [-0.39, 0.29) is 5.41 Å². The first-order chi connectivity index (χ1) is 14.4. The Bertz CT molecular complexity index is 1250. The lowest BCUT2D eigenvalue weighted by molar-refractivity contribution is 0.258. The Morgan fingerprint density at radius 2 is 1.97 bits per heavy atom. The van der Waals surface area contributed by atoms with Crippen molar-refractivity contribution in [3.63, 3.8) is 0 Å². The van der Waals surface area contributed by atoms with Gasteiger partial charge in [0, 0.05) is 49.0 Å². The summed E-state index contributed by atoms with van der Waals surface area (Å²) in [6, 6.07) is 4.00. The summed E-state index contributed by atoms with van der Waals surface area (Å²) >= 11 is 6.75. The molecule has 1 aliphatic heterocycles. The van der Waals surface area contributed by atoms with Crippen LogP contribution in [0.15, 0.2) is 24.5 Å². The minimum absolute atomic E-state index is 0.225. The minimum atomic E-state index is 0.225. The largest absolute Gasteiger partial charge is 0.355 e. The van der Waals surface area contributed by atoms with Gasteiger partial charge in [0.25, 0.3) is 0 Å². The van der Waals surface area contributed by atoms with Crippen molar-refractivity contribution in [3.8, 4) is 11.1 Å². The molecule has 3 N–H and O–H groups in total. The molecule has 30 heavy (non-hydrogen) atoms. The smallest absolute Gasteiger partial charge is 0.159 e. The number of hydrogen-bond acceptors (Lipinski definition) is 5. The van der Waals surface area contributed by atoms with E-state index in [1.165, 1.54) is 0 Å². The van der Waals surface area contributed by atoms with Crippen LogP contribution in [-0.4, -0.2) is 44.4 Å². The maximum absolute atomic E-state index is 6.75. The predicted octanol–water partition coefficient (Wildman–Crippen LogP) is 4.04. The average Bonchev–Trinajstić information content (AvgIpc) is 3.31. The van der Waals surface area contributed by atoms with Gasteiger partial charge in [-0.1, -0.05) is 24.6 Å². The SMILES string of the molecule is Cc1nc2c(-c3ccc4nn(C)cc4c3Cl)c[nH]c2nc1N1CCC(C)(CN)CC1. The van der Waals surface area contributed by atoms with Crippen LogP contribution in [0.5, 0.6) is 0 Å². The topological polar surface area (TPSA) is 88.7 Å². The van der Waals surface area contributed by atoms with Crippen LogP contribution in [0.4, 0.5) is 5.82 Å². The molecular weight excluding hydrogens is 398 g/mol. The Kier molecular flexibility index (Phi) is 4.48. The molecule has 1 aliphatic rings. The monoisotopic (exact) mass is 423 g/mol. The highest BCUT2D eigenvalue weighted by Gasteiger charge is 2.30. The number of aromatic nitrogens is 5. The molecule has 0 bridgehead atoms. The number of nitrogens with one attached hydrogen (secondary N) is 1. The second-order valence-corrected chi connectivity index (χ2v) is 9.07. The van der Waals surface area contributed by atoms with Crippen molar-refractivity contribution in [2.24, 2.45) is 18.2 Å². The van der Waals surface area contributed by atoms with E-state index in [9.17, 15) is 0 Å². The quantitative estimate of drug-likeness (QED) is 0.519. The zero-order valence-electron chi connectivity index (χ0n) is 17.5. The second-order valence-electron chi connectivity index (χ2n) is 8.70. The molecule has 1 fully saturated rings. The van der Waals surface area contributed by atoms with Gasteiger partial charge in [0.15, 0.2) is 11.5 Å². The Labute approximate surface area is 180 Å². The van der Waals surface area contributed by atoms with Crippen LogP contribution in [0.3, 0.4) is 0 Å². The van der Waals surface area contributed by atoms with Crippen molar-refractivity contribution >= 4 is 39.5 Å². The number of rotatable bonds is 3. The van der Waals surface area contributed by atoms with Gasteiger partial charge in [-0.15, -0.1) is 0 Å². The summed E-state index contributed by atoms with van der Waals surface area (Å²) in [4.78, 5) is 15.5. The Balaban J connectivity index is 1.54. The number of nitrogens with two attached hydrogens (primary N) is 1. The third-order valence-corrected chi connectivity index (χ3v) is 6.85. The van der Waals surface area contributed by atoms with Crippen LogP contribution in [-0.2, 0) is 7.05 Å². The molecule has 5 rings (SSSR count). The average molecular weight is 424 g/mol. The molecule has 7 nitrogen and oxygen atoms in total. The molecule has 8 heteroatoms. The number of anilines is 1. The fourth-order valence-corrected chi connectivity index (χ4v) is 4.67. The minimum Gasteiger partial charge on any atom is -0.355 e. The zero-order valence-corrected chi connectivity index (χ0v) is 18.3. The third kappa shape index (κ3) is 3.04. The molecule has 156 valence electrons. The van der Waals surface area contributed by atoms with Gasteiger partial charge in [-0.2, -0.15) is 5.10 Å². The number of benzene rings is 1. The lowest BCUT2D eigenvalue weighted by Gasteiger charge is -2.39. The molecule has 0 amide bonds. The molecule has 1 saturated heterocycles. The van der Waals surface area contributed by atoms with Crippen molar-refractivity contribution in [1.29, 1.82) is 0 Å². The lowest BCUT2D eigenvalue weighted by atomic mass is 9.80. The fraction of sp³-hybridized carbons (Fsp3) is 0.409. The van der Waals surface area contributed by atoms with Gasteiger partial charge in [0.1, 0.15) is 5.52 Å². The summed E-state index contributed by atoms with van der Waals surface area (Å²) in [5.74, 6) is 0.948. The van der Waals surface area contributed by atoms with E-state index in [0.717, 1.165) is 77.2 Å². The van der Waals surface area contributed by atoms with E-state index in [2.05, 4.69) is 21.9 Å². The Morgan fingerprint density at radius 1 is 1.20 bits per heavy atom. The van der Waals surface area contributed by atoms with Gasteiger partial charge in [0.2, 0.25) is 0 Å². The maximum Gasteiger partial charge on any atom is 0.159 e. The summed E-state index contributed by atoms with van der Waals surface area (Å²) in [5.41, 5.74) is 11.5. The van der Waals surface area contributed by atoms with E-state index in [4.69, 9.17) is 27.3 Å². The van der Waals surface area contributed by atoms with E-state index in [1.54, 1.807) is 4.68 Å². The Hall–Kier alpha value is -2.64. The van der Waals surface area contributed by atoms with Crippen LogP contribution < -0.4 is 10.6 Å². The van der Waals surface area contributed by atoms with Gasteiger partial charge in [-0.05, 0) is 37.8 Å². The van der Waals surface area contributed by atoms with Crippen LogP contribution in [0.2, 0.25) is 5.02 Å². The van der Waals surface area contributed by atoms with Gasteiger partial charge in [-0.3, -0.25) is 4.68 Å². The van der Waals surface area contributed by atoms with Gasteiger partial charge >= 0.3 is 0 Å². The number of hydrogen-bond donors (Lipinski definition) is 2. The van der Waals surface area contributed by atoms with Crippen LogP contribution in [0, 0.1) is 12.3 Å². The Morgan fingerprint density at radius 3 is 2.70 bits per heavy atom. The molecule has 3 aromatic heterocycles. The lowest BCUT2D eigenvalue weighted by Crippen LogP contribution is -2.42. The summed E-state index contributed by atoms with van der Waals surface area (Å²) in [6.45, 7) is 6.93. The number of aromatic amines is 1. The molecular formula is C22H26ClN7. The number of aryl methyl sites for hydroxylation is 2. The van der Waals surface area contributed by atoms with E-state index in [1.807, 2.05) is 38.5 Å². The summed E-state index contributed by atoms with van der Waals surface area (Å²) in [7, 11) is 1.90. The summed E-state index contributed by atoms with van der Waals surface area (Å²) in [6.07, 6.45) is 6.02. The van der Waals surface area contributed by atoms with Gasteiger partial charge in [-0.25, -0.2) is 9.97 Å². The van der Waals surface area contributed by atoms with Crippen LogP contribution in [0.1, 0.15) is 25.5 Å². The first-order valence-electron chi connectivity index (χ1n) is 10.3. The molecule has 0 saturated carbocycles. The van der Waals surface area contributed by atoms with E-state index in [0.29, 0.717) is 5.02 Å². The molecule has 0 unspecified atom stereocenters. The number of halogens is 1. The van der Waals surface area contributed by atoms with E-state index >= 15 is 0 Å². The normalized spacial score (nSPS) is 16.6. The first-order valence-corrected chi connectivity index (χ1v) is 10.7. The van der Waals surface area contributed by atoms with Crippen LogP contribution in [0.25, 0.3) is 33.2 Å². The third-order valence-electron chi connectivity index (χ3n) is 6.44. The number of H-pyrrole nitrogens is 1. The van der Waals surface area contributed by atoms with E-state index < -0.39 is 0 Å². The highest BCUT2D eigenvalue weighted by Crippen LogP contribution is 2.38. The summed E-state index contributed by atoms with van der Waals surface area (Å²) in [5, 5.41) is 6.05. The van der Waals surface area contributed by atoms with Crippen molar-refractivity contribution in [2.75, 3.05) is 24.5 Å². The number of piperidine rings is 1. The second kappa shape index (κ2) is 6.96. The van der Waals surface area contributed by atoms with Crippen LogP contribution >= 0.6 is 11.6 Å². The molecule has 0 atom stereocenters.